The smallest absolute Gasteiger partial charge is 0.351 e. The number of ether oxygens (including phenoxy) is 3. The zero-order chi connectivity index (χ0) is 16.9. The van der Waals surface area contributed by atoms with Gasteiger partial charge in [0.05, 0.1) is 13.0 Å². The molecule has 0 radical (unpaired) electrons. The third kappa shape index (κ3) is 3.98. The maximum Gasteiger partial charge on any atom is 0.351 e. The van der Waals surface area contributed by atoms with E-state index in [0.29, 0.717) is 0 Å². The number of benzene rings is 1. The molecular formula is C16H17N3O5. The van der Waals surface area contributed by atoms with Gasteiger partial charge in [-0.05, 0) is 11.6 Å². The Kier molecular flexibility index (Phi) is 4.88. The number of carbonyl (C=O) groups is 1. The first kappa shape index (κ1) is 16.2. The molecule has 1 aromatic carbocycles. The normalized spacial score (nSPS) is 20.0. The van der Waals surface area contributed by atoms with Crippen LogP contribution in [0.15, 0.2) is 47.4 Å². The Morgan fingerprint density at radius 1 is 1.33 bits per heavy atom. The maximum absolute atomic E-state index is 11.8. The van der Waals surface area contributed by atoms with Crippen LogP contribution in [-0.4, -0.2) is 35.0 Å². The molecule has 8 nitrogen and oxygen atoms in total. The summed E-state index contributed by atoms with van der Waals surface area (Å²) in [5.74, 6) is -0.232. The standard InChI is InChI=1S/C16H17N3O5/c17-12-6-7-19(16(21)18-12)13-9-23-15(24-13)10-22-14(20)8-11-4-2-1-3-5-11/h1-7,13,15H,8-10H2,(H2,17,18,21)/t13-,15-/m0/s1. The fraction of sp³-hybridized carbons (Fsp3) is 0.312. The van der Waals surface area contributed by atoms with Crippen LogP contribution in [-0.2, 0) is 25.4 Å². The summed E-state index contributed by atoms with van der Waals surface area (Å²) in [7, 11) is 0. The Labute approximate surface area is 137 Å². The molecule has 0 spiro atoms. The number of nitrogens with two attached hydrogens (primary N) is 1. The summed E-state index contributed by atoms with van der Waals surface area (Å²) in [6.45, 7) is 0.117. The van der Waals surface area contributed by atoms with Gasteiger partial charge in [-0.2, -0.15) is 4.98 Å². The van der Waals surface area contributed by atoms with E-state index >= 15 is 0 Å². The van der Waals surface area contributed by atoms with Gasteiger partial charge in [0.1, 0.15) is 12.4 Å². The Morgan fingerprint density at radius 3 is 2.88 bits per heavy atom. The highest BCUT2D eigenvalue weighted by Crippen LogP contribution is 2.19. The number of carbonyl (C=O) groups excluding carboxylic acids is 1. The van der Waals surface area contributed by atoms with E-state index in [9.17, 15) is 9.59 Å². The van der Waals surface area contributed by atoms with E-state index in [1.807, 2.05) is 30.3 Å². The molecule has 2 atom stereocenters. The van der Waals surface area contributed by atoms with Crippen molar-refractivity contribution in [1.29, 1.82) is 0 Å². The largest absolute Gasteiger partial charge is 0.460 e. The van der Waals surface area contributed by atoms with E-state index in [1.54, 1.807) is 0 Å². The lowest BCUT2D eigenvalue weighted by atomic mass is 10.2. The van der Waals surface area contributed by atoms with Crippen molar-refractivity contribution >= 4 is 11.8 Å². The van der Waals surface area contributed by atoms with Crippen molar-refractivity contribution in [2.75, 3.05) is 18.9 Å². The first-order chi connectivity index (χ1) is 11.6. The SMILES string of the molecule is Nc1ccn([C@@H]2CO[C@H](COC(=O)Cc3ccccc3)O2)c(=O)n1. The van der Waals surface area contributed by atoms with Gasteiger partial charge in [-0.1, -0.05) is 30.3 Å². The van der Waals surface area contributed by atoms with Crippen LogP contribution in [0.1, 0.15) is 11.8 Å². The van der Waals surface area contributed by atoms with E-state index in [0.717, 1.165) is 5.56 Å². The van der Waals surface area contributed by atoms with Crippen LogP contribution < -0.4 is 11.4 Å². The number of nitrogen functional groups attached to an aromatic ring is 1. The summed E-state index contributed by atoms with van der Waals surface area (Å²) < 4.78 is 17.4. The number of hydrogen-bond acceptors (Lipinski definition) is 7. The molecule has 0 unspecified atom stereocenters. The molecule has 3 rings (SSSR count). The lowest BCUT2D eigenvalue weighted by Gasteiger charge is -2.13. The molecule has 2 heterocycles. The molecule has 2 aromatic rings. The Balaban J connectivity index is 1.49. The van der Waals surface area contributed by atoms with Crippen molar-refractivity contribution in [3.63, 3.8) is 0 Å². The minimum absolute atomic E-state index is 0.0423. The lowest BCUT2D eigenvalue weighted by molar-refractivity contribution is -0.158. The summed E-state index contributed by atoms with van der Waals surface area (Å²) in [4.78, 5) is 27.2. The van der Waals surface area contributed by atoms with Crippen LogP contribution in [0.5, 0.6) is 0 Å². The number of hydrogen-bond donors (Lipinski definition) is 1. The highest BCUT2D eigenvalue weighted by Gasteiger charge is 2.29. The third-order valence-corrected chi connectivity index (χ3v) is 3.47. The van der Waals surface area contributed by atoms with Gasteiger partial charge in [-0.15, -0.1) is 0 Å². The number of anilines is 1. The molecule has 2 N–H and O–H groups in total. The molecule has 1 saturated heterocycles. The molecule has 1 aromatic heterocycles. The van der Waals surface area contributed by atoms with Crippen molar-refractivity contribution in [2.45, 2.75) is 18.9 Å². The topological polar surface area (TPSA) is 106 Å². The molecule has 0 aliphatic carbocycles. The lowest BCUT2D eigenvalue weighted by Crippen LogP contribution is -2.29. The predicted molar refractivity (Wildman–Crippen MR) is 83.9 cm³/mol. The van der Waals surface area contributed by atoms with Crippen LogP contribution in [0.3, 0.4) is 0 Å². The molecule has 0 amide bonds. The van der Waals surface area contributed by atoms with Gasteiger partial charge < -0.3 is 19.9 Å². The van der Waals surface area contributed by atoms with Crippen LogP contribution in [0.4, 0.5) is 5.82 Å². The van der Waals surface area contributed by atoms with E-state index < -0.39 is 18.2 Å². The fourth-order valence-electron chi connectivity index (χ4n) is 2.30. The van der Waals surface area contributed by atoms with Gasteiger partial charge in [0, 0.05) is 6.20 Å². The average Bonchev–Trinajstić information content (AvgIpc) is 3.02. The molecule has 0 bridgehead atoms. The summed E-state index contributed by atoms with van der Waals surface area (Å²) in [5.41, 5.74) is 5.79. The summed E-state index contributed by atoms with van der Waals surface area (Å²) in [6, 6.07) is 10.8. The molecule has 0 saturated carbocycles. The summed E-state index contributed by atoms with van der Waals surface area (Å²) in [5, 5.41) is 0. The third-order valence-electron chi connectivity index (χ3n) is 3.47. The zero-order valence-corrected chi connectivity index (χ0v) is 12.8. The average molecular weight is 331 g/mol. The fourth-order valence-corrected chi connectivity index (χ4v) is 2.30. The van der Waals surface area contributed by atoms with Crippen molar-refractivity contribution in [3.05, 3.63) is 58.6 Å². The van der Waals surface area contributed by atoms with E-state index in [2.05, 4.69) is 4.98 Å². The Morgan fingerprint density at radius 2 is 2.12 bits per heavy atom. The van der Waals surface area contributed by atoms with Crippen LogP contribution in [0.25, 0.3) is 0 Å². The highest BCUT2D eigenvalue weighted by atomic mass is 16.7. The van der Waals surface area contributed by atoms with Crippen molar-refractivity contribution in [1.82, 2.24) is 9.55 Å². The van der Waals surface area contributed by atoms with E-state index in [-0.39, 0.29) is 31.4 Å². The monoisotopic (exact) mass is 331 g/mol. The van der Waals surface area contributed by atoms with Gasteiger partial charge >= 0.3 is 11.7 Å². The molecule has 1 aliphatic rings. The zero-order valence-electron chi connectivity index (χ0n) is 12.8. The predicted octanol–water partition coefficient (Wildman–Crippen LogP) is 0.483. The van der Waals surface area contributed by atoms with Crippen molar-refractivity contribution in [3.8, 4) is 0 Å². The van der Waals surface area contributed by atoms with Crippen LogP contribution in [0.2, 0.25) is 0 Å². The van der Waals surface area contributed by atoms with Gasteiger partial charge in [0.25, 0.3) is 0 Å². The van der Waals surface area contributed by atoms with Gasteiger partial charge in [-0.25, -0.2) is 4.79 Å². The molecular weight excluding hydrogens is 314 g/mol. The molecule has 126 valence electrons. The molecule has 1 fully saturated rings. The highest BCUT2D eigenvalue weighted by molar-refractivity contribution is 5.72. The number of aromatic nitrogens is 2. The minimum atomic E-state index is -0.723. The van der Waals surface area contributed by atoms with Gasteiger partial charge in [0.2, 0.25) is 0 Å². The molecule has 1 aliphatic heterocycles. The summed E-state index contributed by atoms with van der Waals surface area (Å²) >= 11 is 0. The number of rotatable bonds is 5. The van der Waals surface area contributed by atoms with E-state index in [4.69, 9.17) is 19.9 Å². The maximum atomic E-state index is 11.8. The Bertz CT molecular complexity index is 762. The quantitative estimate of drug-likeness (QED) is 0.794. The van der Waals surface area contributed by atoms with Crippen molar-refractivity contribution < 1.29 is 19.0 Å². The number of esters is 1. The van der Waals surface area contributed by atoms with E-state index in [1.165, 1.54) is 16.8 Å². The second-order valence-electron chi connectivity index (χ2n) is 5.24. The minimum Gasteiger partial charge on any atom is -0.460 e. The molecule has 24 heavy (non-hydrogen) atoms. The first-order valence-electron chi connectivity index (χ1n) is 7.43. The number of nitrogens with zero attached hydrogens (tertiary/aromatic N) is 2. The second kappa shape index (κ2) is 7.24. The van der Waals surface area contributed by atoms with Gasteiger partial charge in [-0.3, -0.25) is 9.36 Å². The molecule has 8 heteroatoms. The van der Waals surface area contributed by atoms with Crippen LogP contribution in [0, 0.1) is 0 Å². The van der Waals surface area contributed by atoms with Crippen LogP contribution >= 0.6 is 0 Å². The first-order valence-corrected chi connectivity index (χ1v) is 7.43. The summed E-state index contributed by atoms with van der Waals surface area (Å²) in [6.07, 6.45) is 0.323. The second-order valence-corrected chi connectivity index (χ2v) is 5.24. The van der Waals surface area contributed by atoms with Gasteiger partial charge in [0.15, 0.2) is 12.5 Å². The Hall–Kier alpha value is -2.71. The van der Waals surface area contributed by atoms with Crippen molar-refractivity contribution in [2.24, 2.45) is 0 Å².